The van der Waals surface area contributed by atoms with Crippen LogP contribution in [-0.2, 0) is 11.2 Å². The first-order valence-corrected chi connectivity index (χ1v) is 6.64. The zero-order chi connectivity index (χ0) is 13.7. The van der Waals surface area contributed by atoms with Crippen molar-refractivity contribution < 1.29 is 4.79 Å². The van der Waals surface area contributed by atoms with E-state index in [2.05, 4.69) is 23.5 Å². The Balaban J connectivity index is 0.00000200. The second-order valence-corrected chi connectivity index (χ2v) is 4.96. The molecule has 0 radical (unpaired) electrons. The van der Waals surface area contributed by atoms with E-state index >= 15 is 0 Å². The van der Waals surface area contributed by atoms with Gasteiger partial charge in [0, 0.05) is 6.54 Å². The van der Waals surface area contributed by atoms with Gasteiger partial charge in [-0.3, -0.25) is 4.79 Å². The Labute approximate surface area is 126 Å². The van der Waals surface area contributed by atoms with Crippen LogP contribution in [0.2, 0.25) is 0 Å². The first-order valence-electron chi connectivity index (χ1n) is 6.64. The van der Waals surface area contributed by atoms with E-state index in [0.717, 1.165) is 10.9 Å². The number of carbonyl (C=O) groups excluding carboxylic acids is 1. The maximum Gasteiger partial charge on any atom is 0.224 e. The number of rotatable bonds is 5. The largest absolute Gasteiger partial charge is 0.355 e. The highest BCUT2D eigenvalue weighted by Gasteiger charge is 2.07. The van der Waals surface area contributed by atoms with E-state index in [0.29, 0.717) is 25.4 Å². The Morgan fingerprint density at radius 3 is 2.65 bits per heavy atom. The molecule has 0 aliphatic rings. The van der Waals surface area contributed by atoms with Gasteiger partial charge >= 0.3 is 0 Å². The van der Waals surface area contributed by atoms with Crippen LogP contribution in [0.5, 0.6) is 0 Å². The second kappa shape index (κ2) is 7.88. The van der Waals surface area contributed by atoms with Gasteiger partial charge in [0.15, 0.2) is 0 Å². The molecule has 0 saturated heterocycles. The van der Waals surface area contributed by atoms with Crippen molar-refractivity contribution in [2.24, 2.45) is 11.7 Å². The third-order valence-electron chi connectivity index (χ3n) is 3.28. The summed E-state index contributed by atoms with van der Waals surface area (Å²) in [6.07, 6.45) is 0.415. The zero-order valence-corrected chi connectivity index (χ0v) is 12.5. The van der Waals surface area contributed by atoms with E-state index in [1.807, 2.05) is 31.2 Å². The van der Waals surface area contributed by atoms with Gasteiger partial charge in [0.1, 0.15) is 0 Å². The van der Waals surface area contributed by atoms with Crippen molar-refractivity contribution in [1.82, 2.24) is 5.32 Å². The minimum Gasteiger partial charge on any atom is -0.355 e. The fraction of sp³-hybridized carbons (Fsp3) is 0.312. The van der Waals surface area contributed by atoms with Crippen LogP contribution in [0.4, 0.5) is 0 Å². The van der Waals surface area contributed by atoms with Crippen molar-refractivity contribution in [2.75, 3.05) is 13.1 Å². The summed E-state index contributed by atoms with van der Waals surface area (Å²) in [5, 5.41) is 5.24. The molecule has 0 spiro atoms. The minimum atomic E-state index is 0. The number of fused-ring (bicyclic) bond motifs is 1. The molecule has 108 valence electrons. The number of amides is 1. The molecule has 1 atom stereocenters. The number of nitrogens with one attached hydrogen (secondary N) is 1. The van der Waals surface area contributed by atoms with E-state index in [4.69, 9.17) is 5.73 Å². The van der Waals surface area contributed by atoms with Gasteiger partial charge in [0.05, 0.1) is 6.42 Å². The Morgan fingerprint density at radius 1 is 1.20 bits per heavy atom. The molecule has 2 aromatic carbocycles. The van der Waals surface area contributed by atoms with Crippen LogP contribution in [0.1, 0.15) is 12.5 Å². The molecular weight excluding hydrogens is 272 g/mol. The van der Waals surface area contributed by atoms with Crippen LogP contribution in [0.15, 0.2) is 42.5 Å². The van der Waals surface area contributed by atoms with Gasteiger partial charge in [-0.25, -0.2) is 0 Å². The molecule has 3 nitrogen and oxygen atoms in total. The van der Waals surface area contributed by atoms with Crippen LogP contribution in [0.25, 0.3) is 10.8 Å². The number of nitrogens with two attached hydrogens (primary N) is 1. The Kier molecular flexibility index (Phi) is 6.49. The zero-order valence-electron chi connectivity index (χ0n) is 11.6. The summed E-state index contributed by atoms with van der Waals surface area (Å²) in [5.74, 6) is 0.369. The lowest BCUT2D eigenvalue weighted by atomic mass is 10.0. The van der Waals surface area contributed by atoms with Gasteiger partial charge in [-0.05, 0) is 28.8 Å². The number of carbonyl (C=O) groups is 1. The van der Waals surface area contributed by atoms with Gasteiger partial charge in [0.2, 0.25) is 5.91 Å². The molecule has 0 saturated carbocycles. The topological polar surface area (TPSA) is 55.1 Å². The van der Waals surface area contributed by atoms with Crippen LogP contribution in [0, 0.1) is 5.92 Å². The van der Waals surface area contributed by atoms with E-state index in [1.165, 1.54) is 5.39 Å². The van der Waals surface area contributed by atoms with Gasteiger partial charge in [-0.15, -0.1) is 12.4 Å². The van der Waals surface area contributed by atoms with E-state index in [1.54, 1.807) is 0 Å². The lowest BCUT2D eigenvalue weighted by Gasteiger charge is -2.11. The average Bonchev–Trinajstić information content (AvgIpc) is 2.45. The molecule has 0 heterocycles. The van der Waals surface area contributed by atoms with Gasteiger partial charge < -0.3 is 11.1 Å². The van der Waals surface area contributed by atoms with Crippen molar-refractivity contribution >= 4 is 29.1 Å². The van der Waals surface area contributed by atoms with Gasteiger partial charge in [0.25, 0.3) is 0 Å². The molecular formula is C16H21ClN2O. The summed E-state index contributed by atoms with van der Waals surface area (Å²) >= 11 is 0. The van der Waals surface area contributed by atoms with Crippen LogP contribution in [0.3, 0.4) is 0 Å². The average molecular weight is 293 g/mol. The highest BCUT2D eigenvalue weighted by atomic mass is 35.5. The molecule has 4 heteroatoms. The lowest BCUT2D eigenvalue weighted by Crippen LogP contribution is -2.32. The molecule has 0 aliphatic heterocycles. The third kappa shape index (κ3) is 4.22. The molecule has 2 rings (SSSR count). The second-order valence-electron chi connectivity index (χ2n) is 4.96. The fourth-order valence-corrected chi connectivity index (χ4v) is 2.05. The number of hydrogen-bond donors (Lipinski definition) is 2. The monoisotopic (exact) mass is 292 g/mol. The predicted octanol–water partition coefficient (Wildman–Crippen LogP) is 2.52. The summed E-state index contributed by atoms with van der Waals surface area (Å²) in [6.45, 7) is 3.26. The summed E-state index contributed by atoms with van der Waals surface area (Å²) in [6, 6.07) is 14.2. The smallest absolute Gasteiger partial charge is 0.224 e. The summed E-state index contributed by atoms with van der Waals surface area (Å²) in [7, 11) is 0. The standard InChI is InChI=1S/C16H20N2O.ClH/c1-12(10-17)11-18-16(19)9-14-7-4-6-13-5-2-3-8-15(13)14;/h2-8,12H,9-11,17H2,1H3,(H,18,19);1H. The first kappa shape index (κ1) is 16.5. The summed E-state index contributed by atoms with van der Waals surface area (Å²) < 4.78 is 0. The van der Waals surface area contributed by atoms with E-state index in [-0.39, 0.29) is 18.3 Å². The van der Waals surface area contributed by atoms with Crippen molar-refractivity contribution in [3.8, 4) is 0 Å². The highest BCUT2D eigenvalue weighted by Crippen LogP contribution is 2.18. The van der Waals surface area contributed by atoms with Gasteiger partial charge in [-0.1, -0.05) is 49.4 Å². The molecule has 1 amide bonds. The SMILES string of the molecule is CC(CN)CNC(=O)Cc1cccc2ccccc12.Cl. The molecule has 0 aliphatic carbocycles. The molecule has 20 heavy (non-hydrogen) atoms. The normalized spacial score (nSPS) is 11.7. The highest BCUT2D eigenvalue weighted by molar-refractivity contribution is 5.90. The summed E-state index contributed by atoms with van der Waals surface area (Å²) in [5.41, 5.74) is 6.60. The lowest BCUT2D eigenvalue weighted by molar-refractivity contribution is -0.120. The molecule has 2 aromatic rings. The molecule has 0 aromatic heterocycles. The first-order chi connectivity index (χ1) is 9.20. The van der Waals surface area contributed by atoms with Crippen LogP contribution < -0.4 is 11.1 Å². The van der Waals surface area contributed by atoms with Crippen LogP contribution >= 0.6 is 12.4 Å². The van der Waals surface area contributed by atoms with Crippen molar-refractivity contribution in [3.05, 3.63) is 48.0 Å². The summed E-state index contributed by atoms with van der Waals surface area (Å²) in [4.78, 5) is 11.9. The molecule has 0 fully saturated rings. The number of benzene rings is 2. The quantitative estimate of drug-likeness (QED) is 0.890. The third-order valence-corrected chi connectivity index (χ3v) is 3.28. The molecule has 3 N–H and O–H groups in total. The number of hydrogen-bond acceptors (Lipinski definition) is 2. The molecule has 0 bridgehead atoms. The fourth-order valence-electron chi connectivity index (χ4n) is 2.05. The Bertz CT molecular complexity index is 566. The maximum absolute atomic E-state index is 11.9. The van der Waals surface area contributed by atoms with Crippen molar-refractivity contribution in [3.63, 3.8) is 0 Å². The van der Waals surface area contributed by atoms with E-state index < -0.39 is 0 Å². The Hall–Kier alpha value is -1.58. The number of halogens is 1. The van der Waals surface area contributed by atoms with Crippen LogP contribution in [-0.4, -0.2) is 19.0 Å². The van der Waals surface area contributed by atoms with Crippen molar-refractivity contribution in [2.45, 2.75) is 13.3 Å². The maximum atomic E-state index is 11.9. The molecule has 1 unspecified atom stereocenters. The predicted molar refractivity (Wildman–Crippen MR) is 86.1 cm³/mol. The van der Waals surface area contributed by atoms with E-state index in [9.17, 15) is 4.79 Å². The van der Waals surface area contributed by atoms with Crippen molar-refractivity contribution in [1.29, 1.82) is 0 Å². The Morgan fingerprint density at radius 2 is 1.90 bits per heavy atom. The van der Waals surface area contributed by atoms with Gasteiger partial charge in [-0.2, -0.15) is 0 Å². The minimum absolute atomic E-state index is 0.